The molecule has 0 spiro atoms. The highest BCUT2D eigenvalue weighted by Gasteiger charge is 2.03. The minimum absolute atomic E-state index is 0.636. The van der Waals surface area contributed by atoms with Gasteiger partial charge >= 0.3 is 0 Å². The van der Waals surface area contributed by atoms with Gasteiger partial charge in [-0.05, 0) is 48.1 Å². The van der Waals surface area contributed by atoms with Gasteiger partial charge in [-0.25, -0.2) is 0 Å². The third-order valence-electron chi connectivity index (χ3n) is 2.41. The molecule has 1 aromatic heterocycles. The Balaban J connectivity index is 2.12. The van der Waals surface area contributed by atoms with Gasteiger partial charge in [-0.3, -0.25) is 0 Å². The van der Waals surface area contributed by atoms with Gasteiger partial charge in [0, 0.05) is 12.6 Å². The molecule has 0 radical (unpaired) electrons. The molecule has 14 heavy (non-hydrogen) atoms. The zero-order chi connectivity index (χ0) is 10.4. The van der Waals surface area contributed by atoms with E-state index in [9.17, 15) is 0 Å². The van der Waals surface area contributed by atoms with Crippen molar-refractivity contribution >= 4 is 11.3 Å². The summed E-state index contributed by atoms with van der Waals surface area (Å²) in [5.41, 5.74) is 1.41. The second kappa shape index (κ2) is 6.20. The monoisotopic (exact) mass is 211 g/mol. The lowest BCUT2D eigenvalue weighted by Gasteiger charge is -2.14. The highest BCUT2D eigenvalue weighted by molar-refractivity contribution is 7.07. The van der Waals surface area contributed by atoms with Crippen molar-refractivity contribution in [2.24, 2.45) is 5.92 Å². The SMILES string of the molecule is CC(C)CCC(C)NCc1ccsc1. The maximum absolute atomic E-state index is 3.55. The number of thiophene rings is 1. The van der Waals surface area contributed by atoms with Gasteiger partial charge < -0.3 is 5.32 Å². The molecule has 0 aliphatic carbocycles. The molecule has 1 atom stereocenters. The normalized spacial score (nSPS) is 13.4. The van der Waals surface area contributed by atoms with E-state index in [0.717, 1.165) is 12.5 Å². The Morgan fingerprint density at radius 2 is 2.07 bits per heavy atom. The van der Waals surface area contributed by atoms with E-state index in [1.165, 1.54) is 18.4 Å². The lowest BCUT2D eigenvalue weighted by Crippen LogP contribution is -2.25. The molecule has 1 nitrogen and oxygen atoms in total. The zero-order valence-electron chi connectivity index (χ0n) is 9.42. The van der Waals surface area contributed by atoms with Crippen molar-refractivity contribution in [1.29, 1.82) is 0 Å². The summed E-state index contributed by atoms with van der Waals surface area (Å²) >= 11 is 1.77. The van der Waals surface area contributed by atoms with Gasteiger partial charge in [-0.2, -0.15) is 11.3 Å². The lowest BCUT2D eigenvalue weighted by molar-refractivity contribution is 0.451. The Morgan fingerprint density at radius 3 is 2.64 bits per heavy atom. The lowest BCUT2D eigenvalue weighted by atomic mass is 10.0. The molecule has 0 bridgehead atoms. The zero-order valence-corrected chi connectivity index (χ0v) is 10.2. The van der Waals surface area contributed by atoms with Crippen molar-refractivity contribution in [2.45, 2.75) is 46.2 Å². The van der Waals surface area contributed by atoms with Crippen molar-refractivity contribution in [3.63, 3.8) is 0 Å². The smallest absolute Gasteiger partial charge is 0.0216 e. The summed E-state index contributed by atoms with van der Waals surface area (Å²) in [5, 5.41) is 7.89. The van der Waals surface area contributed by atoms with Crippen LogP contribution in [0, 0.1) is 5.92 Å². The fraction of sp³-hybridized carbons (Fsp3) is 0.667. The molecule has 1 heterocycles. The van der Waals surface area contributed by atoms with E-state index in [4.69, 9.17) is 0 Å². The summed E-state index contributed by atoms with van der Waals surface area (Å²) in [4.78, 5) is 0. The molecule has 0 amide bonds. The topological polar surface area (TPSA) is 12.0 Å². The fourth-order valence-corrected chi connectivity index (χ4v) is 2.04. The summed E-state index contributed by atoms with van der Waals surface area (Å²) in [6.45, 7) is 7.86. The van der Waals surface area contributed by atoms with Gasteiger partial charge in [0.05, 0.1) is 0 Å². The first-order valence-electron chi connectivity index (χ1n) is 5.43. The second-order valence-corrected chi connectivity index (χ2v) is 5.16. The van der Waals surface area contributed by atoms with Crippen molar-refractivity contribution < 1.29 is 0 Å². The maximum Gasteiger partial charge on any atom is 0.0216 e. The second-order valence-electron chi connectivity index (χ2n) is 4.38. The van der Waals surface area contributed by atoms with Gasteiger partial charge in [0.1, 0.15) is 0 Å². The van der Waals surface area contributed by atoms with E-state index in [1.54, 1.807) is 11.3 Å². The van der Waals surface area contributed by atoms with Crippen molar-refractivity contribution in [1.82, 2.24) is 5.32 Å². The average Bonchev–Trinajstić information content (AvgIpc) is 2.63. The van der Waals surface area contributed by atoms with E-state index >= 15 is 0 Å². The summed E-state index contributed by atoms with van der Waals surface area (Å²) in [6, 6.07) is 2.82. The van der Waals surface area contributed by atoms with Gasteiger partial charge in [0.2, 0.25) is 0 Å². The first kappa shape index (κ1) is 11.7. The molecule has 0 aliphatic rings. The predicted octanol–water partition coefficient (Wildman–Crippen LogP) is 3.66. The van der Waals surface area contributed by atoms with Crippen LogP contribution in [0.5, 0.6) is 0 Å². The molecule has 0 saturated heterocycles. The van der Waals surface area contributed by atoms with E-state index in [-0.39, 0.29) is 0 Å². The number of nitrogens with one attached hydrogen (secondary N) is 1. The van der Waals surface area contributed by atoms with Crippen LogP contribution in [0.15, 0.2) is 16.8 Å². The minimum Gasteiger partial charge on any atom is -0.310 e. The molecule has 80 valence electrons. The standard InChI is InChI=1S/C12H21NS/c1-10(2)4-5-11(3)13-8-12-6-7-14-9-12/h6-7,9-11,13H,4-5,8H2,1-3H3. The Labute approximate surface area is 91.5 Å². The fourth-order valence-electron chi connectivity index (χ4n) is 1.37. The number of rotatable bonds is 6. The van der Waals surface area contributed by atoms with Crippen LogP contribution >= 0.6 is 11.3 Å². The molecular formula is C12H21NS. The molecule has 0 saturated carbocycles. The molecule has 1 N–H and O–H groups in total. The predicted molar refractivity (Wildman–Crippen MR) is 64.7 cm³/mol. The quantitative estimate of drug-likeness (QED) is 0.757. The van der Waals surface area contributed by atoms with Crippen LogP contribution in [0.3, 0.4) is 0 Å². The molecule has 0 aliphatic heterocycles. The maximum atomic E-state index is 3.55. The van der Waals surface area contributed by atoms with Crippen molar-refractivity contribution in [3.05, 3.63) is 22.4 Å². The molecule has 2 heteroatoms. The largest absolute Gasteiger partial charge is 0.310 e. The molecule has 1 rings (SSSR count). The number of hydrogen-bond donors (Lipinski definition) is 1. The number of hydrogen-bond acceptors (Lipinski definition) is 2. The van der Waals surface area contributed by atoms with Gasteiger partial charge in [0.15, 0.2) is 0 Å². The highest BCUT2D eigenvalue weighted by atomic mass is 32.1. The molecule has 0 fully saturated rings. The van der Waals surface area contributed by atoms with Crippen LogP contribution in [0.2, 0.25) is 0 Å². The molecular weight excluding hydrogens is 190 g/mol. The third kappa shape index (κ3) is 4.77. The van der Waals surface area contributed by atoms with Gasteiger partial charge in [0.25, 0.3) is 0 Å². The highest BCUT2D eigenvalue weighted by Crippen LogP contribution is 2.09. The van der Waals surface area contributed by atoms with Crippen LogP contribution in [0.4, 0.5) is 0 Å². The van der Waals surface area contributed by atoms with E-state index in [0.29, 0.717) is 6.04 Å². The summed E-state index contributed by atoms with van der Waals surface area (Å²) < 4.78 is 0. The van der Waals surface area contributed by atoms with Crippen LogP contribution in [-0.4, -0.2) is 6.04 Å². The van der Waals surface area contributed by atoms with E-state index < -0.39 is 0 Å². The van der Waals surface area contributed by atoms with Crippen LogP contribution in [0.25, 0.3) is 0 Å². The summed E-state index contributed by atoms with van der Waals surface area (Å²) in [6.07, 6.45) is 2.60. The molecule has 0 aromatic carbocycles. The van der Waals surface area contributed by atoms with Gasteiger partial charge in [-0.1, -0.05) is 13.8 Å². The van der Waals surface area contributed by atoms with E-state index in [2.05, 4.69) is 42.9 Å². The Morgan fingerprint density at radius 1 is 1.29 bits per heavy atom. The Bertz CT molecular complexity index is 228. The van der Waals surface area contributed by atoms with E-state index in [1.807, 2.05) is 0 Å². The average molecular weight is 211 g/mol. The first-order chi connectivity index (χ1) is 6.68. The minimum atomic E-state index is 0.636. The third-order valence-corrected chi connectivity index (χ3v) is 3.14. The summed E-state index contributed by atoms with van der Waals surface area (Å²) in [7, 11) is 0. The van der Waals surface area contributed by atoms with Gasteiger partial charge in [-0.15, -0.1) is 0 Å². The van der Waals surface area contributed by atoms with Crippen LogP contribution in [-0.2, 0) is 6.54 Å². The summed E-state index contributed by atoms with van der Waals surface area (Å²) in [5.74, 6) is 0.820. The Kier molecular flexibility index (Phi) is 5.20. The van der Waals surface area contributed by atoms with Crippen molar-refractivity contribution in [3.8, 4) is 0 Å². The molecule has 1 unspecified atom stereocenters. The van der Waals surface area contributed by atoms with Crippen LogP contribution in [0.1, 0.15) is 39.2 Å². The Hall–Kier alpha value is -0.340. The molecule has 1 aromatic rings. The first-order valence-corrected chi connectivity index (χ1v) is 6.37. The van der Waals surface area contributed by atoms with Crippen molar-refractivity contribution in [2.75, 3.05) is 0 Å². The van der Waals surface area contributed by atoms with Crippen LogP contribution < -0.4 is 5.32 Å².